The largest absolute Gasteiger partial charge is 0.358 e. The van der Waals surface area contributed by atoms with Crippen LogP contribution in [0.4, 0.5) is 0 Å². The van der Waals surface area contributed by atoms with Gasteiger partial charge < -0.3 is 24.3 Å². The van der Waals surface area contributed by atoms with E-state index < -0.39 is 0 Å². The van der Waals surface area contributed by atoms with Gasteiger partial charge in [0.05, 0.1) is 0 Å². The zero-order chi connectivity index (χ0) is 5.28. The molecule has 1 aliphatic rings. The van der Waals surface area contributed by atoms with Gasteiger partial charge in [-0.1, -0.05) is 0 Å². The molecule has 8 heavy (non-hydrogen) atoms. The van der Waals surface area contributed by atoms with Crippen molar-refractivity contribution in [3.05, 3.63) is 36.5 Å². The second-order valence-corrected chi connectivity index (χ2v) is 1.59. The first-order chi connectivity index (χ1) is 3.30. The molecule has 0 amide bonds. The van der Waals surface area contributed by atoms with E-state index in [2.05, 4.69) is 0 Å². The minimum atomic E-state index is 0. The predicted molar refractivity (Wildman–Crippen MR) is 29.4 cm³/mol. The van der Waals surface area contributed by atoms with Crippen LogP contribution >= 0.6 is 0 Å². The third kappa shape index (κ3) is 1.68. The van der Waals surface area contributed by atoms with Gasteiger partial charge in [-0.3, -0.25) is 6.08 Å². The van der Waals surface area contributed by atoms with Crippen LogP contribution in [0.2, 0.25) is 0 Å². The summed E-state index contributed by atoms with van der Waals surface area (Å²) in [4.78, 5) is 0. The first kappa shape index (κ1) is 8.32. The van der Waals surface area contributed by atoms with E-state index in [1.807, 2.05) is 12.2 Å². The van der Waals surface area contributed by atoms with Crippen molar-refractivity contribution in [2.24, 2.45) is 0 Å². The average Bonchev–Trinajstić information content (AvgIpc) is 1.91. The Bertz CT molecular complexity index is 142. The molecular formula is C7H6Y-2. The zero-order valence-electron chi connectivity index (χ0n) is 4.59. The van der Waals surface area contributed by atoms with E-state index in [1.54, 1.807) is 0 Å². The van der Waals surface area contributed by atoms with Gasteiger partial charge in [0, 0.05) is 32.7 Å². The first-order valence-electron chi connectivity index (χ1n) is 2.21. The quantitative estimate of drug-likeness (QED) is 0.496. The van der Waals surface area contributed by atoms with Crippen molar-refractivity contribution < 1.29 is 32.7 Å². The van der Waals surface area contributed by atoms with Crippen molar-refractivity contribution in [2.45, 2.75) is 6.42 Å². The maximum absolute atomic E-state index is 5.37. The number of allylic oxidation sites excluding steroid dienone is 4. The molecule has 0 N–H and O–H groups in total. The number of hydrogen-bond donors (Lipinski definition) is 0. The standard InChI is InChI=1S/C7H6.Y/c1-6-4-3-5-7(6)2;/h1-4H,5H2;/q-2;. The Labute approximate surface area is 75.2 Å². The van der Waals surface area contributed by atoms with E-state index in [0.29, 0.717) is 0 Å². The minimum absolute atomic E-state index is 0. The molecule has 0 nitrogen and oxygen atoms in total. The molecule has 0 aromatic rings. The van der Waals surface area contributed by atoms with Crippen molar-refractivity contribution in [3.63, 3.8) is 0 Å². The fraction of sp³-hybridized carbons (Fsp3) is 0.143. The molecule has 0 unspecified atom stereocenters. The molecule has 0 aromatic heterocycles. The Balaban J connectivity index is 0.000000490. The molecule has 0 spiro atoms. The van der Waals surface area contributed by atoms with Crippen LogP contribution in [0.5, 0.6) is 0 Å². The molecule has 1 rings (SSSR count). The van der Waals surface area contributed by atoms with Crippen molar-refractivity contribution in [2.75, 3.05) is 0 Å². The Morgan fingerprint density at radius 3 is 2.12 bits per heavy atom. The molecule has 1 aliphatic carbocycles. The summed E-state index contributed by atoms with van der Waals surface area (Å²) < 4.78 is 0. The molecule has 0 heterocycles. The summed E-state index contributed by atoms with van der Waals surface area (Å²) in [5.41, 5.74) is 1.51. The molecule has 0 fully saturated rings. The first-order valence-corrected chi connectivity index (χ1v) is 2.21. The van der Waals surface area contributed by atoms with Gasteiger partial charge in [-0.25, -0.2) is 0 Å². The third-order valence-electron chi connectivity index (χ3n) is 1.01. The van der Waals surface area contributed by atoms with Gasteiger partial charge >= 0.3 is 0 Å². The summed E-state index contributed by atoms with van der Waals surface area (Å²) in [5.74, 6) is 0. The van der Waals surface area contributed by atoms with Crippen molar-refractivity contribution in [3.8, 4) is 0 Å². The van der Waals surface area contributed by atoms with E-state index in [0.717, 1.165) is 17.6 Å². The Hall–Kier alpha value is 0.324. The van der Waals surface area contributed by atoms with Crippen LogP contribution in [0.1, 0.15) is 6.42 Å². The summed E-state index contributed by atoms with van der Waals surface area (Å²) in [6.45, 7) is 10.7. The molecule has 0 aromatic carbocycles. The molecule has 0 saturated heterocycles. The normalized spacial score (nSPS) is 16.5. The Morgan fingerprint density at radius 2 is 2.00 bits per heavy atom. The molecule has 39 valence electrons. The molecular weight excluding hydrogens is 173 g/mol. The van der Waals surface area contributed by atoms with E-state index in [-0.39, 0.29) is 32.7 Å². The van der Waals surface area contributed by atoms with Crippen molar-refractivity contribution in [1.82, 2.24) is 0 Å². The van der Waals surface area contributed by atoms with Gasteiger partial charge in [-0.05, 0) is 0 Å². The zero-order valence-corrected chi connectivity index (χ0v) is 7.43. The van der Waals surface area contributed by atoms with Gasteiger partial charge in [0.1, 0.15) is 0 Å². The summed E-state index contributed by atoms with van der Waals surface area (Å²) in [7, 11) is 0. The second kappa shape index (κ2) is 3.37. The van der Waals surface area contributed by atoms with Crippen LogP contribution in [0, 0.1) is 13.2 Å². The van der Waals surface area contributed by atoms with Gasteiger partial charge in [-0.15, -0.1) is 6.42 Å². The van der Waals surface area contributed by atoms with Crippen LogP contribution in [0.3, 0.4) is 0 Å². The summed E-state index contributed by atoms with van der Waals surface area (Å²) in [6, 6.07) is 0. The Morgan fingerprint density at radius 1 is 1.38 bits per heavy atom. The van der Waals surface area contributed by atoms with Crippen LogP contribution in [0.15, 0.2) is 23.3 Å². The molecule has 1 heteroatoms. The summed E-state index contributed by atoms with van der Waals surface area (Å²) >= 11 is 0. The van der Waals surface area contributed by atoms with Crippen LogP contribution in [-0.4, -0.2) is 0 Å². The van der Waals surface area contributed by atoms with Gasteiger partial charge in [0.2, 0.25) is 0 Å². The fourth-order valence-electron chi connectivity index (χ4n) is 0.538. The van der Waals surface area contributed by atoms with Crippen LogP contribution in [-0.2, 0) is 32.7 Å². The smallest absolute Gasteiger partial charge is 0 e. The van der Waals surface area contributed by atoms with Gasteiger partial charge in [0.15, 0.2) is 0 Å². The maximum Gasteiger partial charge on any atom is 0 e. The van der Waals surface area contributed by atoms with E-state index in [1.165, 1.54) is 0 Å². The Kier molecular flexibility index (Phi) is 3.51. The molecule has 0 saturated carbocycles. The predicted octanol–water partition coefficient (Wildman–Crippen LogP) is 1.66. The maximum atomic E-state index is 5.37. The minimum Gasteiger partial charge on any atom is -0.358 e. The van der Waals surface area contributed by atoms with E-state index in [9.17, 15) is 0 Å². The fourth-order valence-corrected chi connectivity index (χ4v) is 0.538. The average molecular weight is 179 g/mol. The topological polar surface area (TPSA) is 0 Å². The van der Waals surface area contributed by atoms with E-state index in [4.69, 9.17) is 13.2 Å². The molecule has 1 radical (unpaired) electrons. The van der Waals surface area contributed by atoms with Crippen LogP contribution in [0.25, 0.3) is 0 Å². The van der Waals surface area contributed by atoms with Gasteiger partial charge in [-0.2, -0.15) is 6.08 Å². The second-order valence-electron chi connectivity index (χ2n) is 1.59. The third-order valence-corrected chi connectivity index (χ3v) is 1.01. The number of rotatable bonds is 0. The molecule has 0 atom stereocenters. The monoisotopic (exact) mass is 179 g/mol. The summed E-state index contributed by atoms with van der Waals surface area (Å²) in [5, 5.41) is 0. The van der Waals surface area contributed by atoms with Crippen molar-refractivity contribution >= 4 is 0 Å². The van der Waals surface area contributed by atoms with E-state index >= 15 is 0 Å². The SMILES string of the molecule is [CH-]=C1C=CCC1=[CH-].[Y]. The van der Waals surface area contributed by atoms with Crippen LogP contribution < -0.4 is 0 Å². The summed E-state index contributed by atoms with van der Waals surface area (Å²) in [6.07, 6.45) is 4.60. The molecule has 0 aliphatic heterocycles. The molecule has 0 bridgehead atoms. The van der Waals surface area contributed by atoms with Crippen molar-refractivity contribution in [1.29, 1.82) is 0 Å². The van der Waals surface area contributed by atoms with Gasteiger partial charge in [0.25, 0.3) is 0 Å². The number of hydrogen-bond acceptors (Lipinski definition) is 0.